The molecule has 1 aromatic rings. The minimum Gasteiger partial charge on any atom is -0.382 e. The molecule has 2 nitrogen and oxygen atoms in total. The van der Waals surface area contributed by atoms with Crippen LogP contribution in [0, 0.1) is 0 Å². The van der Waals surface area contributed by atoms with Crippen molar-refractivity contribution in [2.24, 2.45) is 0 Å². The number of hydrogen-bond acceptors (Lipinski definition) is 2. The van der Waals surface area contributed by atoms with Gasteiger partial charge in [-0.15, -0.1) is 0 Å². The number of hydrogen-bond donors (Lipinski definition) is 0. The Hall–Kier alpha value is -0.860. The van der Waals surface area contributed by atoms with E-state index in [1.165, 1.54) is 5.56 Å². The van der Waals surface area contributed by atoms with E-state index >= 15 is 0 Å². The summed E-state index contributed by atoms with van der Waals surface area (Å²) in [6, 6.07) is 10.3. The third-order valence-electron chi connectivity index (χ3n) is 2.06. The van der Waals surface area contributed by atoms with Crippen molar-refractivity contribution in [1.29, 1.82) is 0 Å². The predicted molar refractivity (Wildman–Crippen MR) is 57.4 cm³/mol. The summed E-state index contributed by atoms with van der Waals surface area (Å²) in [6.07, 6.45) is 1.09. The number of rotatable bonds is 6. The molecular weight excluding hydrogens is 176 g/mol. The lowest BCUT2D eigenvalue weighted by molar-refractivity contribution is 0.00475. The summed E-state index contributed by atoms with van der Waals surface area (Å²) in [4.78, 5) is 0. The van der Waals surface area contributed by atoms with Gasteiger partial charge in [-0.2, -0.15) is 0 Å². The van der Waals surface area contributed by atoms with E-state index in [1.54, 1.807) is 7.11 Å². The van der Waals surface area contributed by atoms with Crippen molar-refractivity contribution in [3.63, 3.8) is 0 Å². The summed E-state index contributed by atoms with van der Waals surface area (Å²) >= 11 is 0. The Kier molecular flexibility index (Phi) is 5.27. The quantitative estimate of drug-likeness (QED) is 0.691. The molecular formula is C12H18O2. The summed E-state index contributed by atoms with van der Waals surface area (Å²) in [5, 5.41) is 0. The largest absolute Gasteiger partial charge is 0.382 e. The summed E-state index contributed by atoms with van der Waals surface area (Å²) in [5.74, 6) is 0. The van der Waals surface area contributed by atoms with Crippen LogP contribution in [0.15, 0.2) is 30.3 Å². The lowest BCUT2D eigenvalue weighted by atomic mass is 10.1. The number of ether oxygens (including phenoxy) is 2. The molecule has 1 rings (SSSR count). The molecule has 2 heteroatoms. The Labute approximate surface area is 85.8 Å². The van der Waals surface area contributed by atoms with Gasteiger partial charge in [0, 0.05) is 20.1 Å². The molecule has 0 N–H and O–H groups in total. The van der Waals surface area contributed by atoms with Crippen LogP contribution in [0.2, 0.25) is 0 Å². The zero-order valence-corrected chi connectivity index (χ0v) is 8.90. The van der Waals surface area contributed by atoms with Crippen LogP contribution in [-0.2, 0) is 15.9 Å². The fourth-order valence-electron chi connectivity index (χ4n) is 1.46. The Morgan fingerprint density at radius 1 is 1.21 bits per heavy atom. The normalized spacial score (nSPS) is 12.7. The summed E-state index contributed by atoms with van der Waals surface area (Å²) in [6.45, 7) is 3.40. The monoisotopic (exact) mass is 194 g/mol. The van der Waals surface area contributed by atoms with Crippen LogP contribution >= 0.6 is 0 Å². The SMILES string of the molecule is CCOC(COC)Cc1ccccc1. The molecule has 0 amide bonds. The third-order valence-corrected chi connectivity index (χ3v) is 2.06. The Morgan fingerprint density at radius 3 is 2.50 bits per heavy atom. The van der Waals surface area contributed by atoms with E-state index in [4.69, 9.17) is 9.47 Å². The summed E-state index contributed by atoms with van der Waals surface area (Å²) in [5.41, 5.74) is 1.29. The molecule has 14 heavy (non-hydrogen) atoms. The van der Waals surface area contributed by atoms with Gasteiger partial charge in [-0.25, -0.2) is 0 Å². The van der Waals surface area contributed by atoms with Gasteiger partial charge in [0.15, 0.2) is 0 Å². The van der Waals surface area contributed by atoms with Gasteiger partial charge in [0.25, 0.3) is 0 Å². The van der Waals surface area contributed by atoms with Crippen molar-refractivity contribution in [3.05, 3.63) is 35.9 Å². The third kappa shape index (κ3) is 3.90. The highest BCUT2D eigenvalue weighted by Gasteiger charge is 2.08. The average Bonchev–Trinajstić information content (AvgIpc) is 2.20. The molecule has 0 saturated heterocycles. The summed E-state index contributed by atoms with van der Waals surface area (Å²) < 4.78 is 10.7. The van der Waals surface area contributed by atoms with Gasteiger partial charge in [0.2, 0.25) is 0 Å². The van der Waals surface area contributed by atoms with Gasteiger partial charge in [-0.3, -0.25) is 0 Å². The van der Waals surface area contributed by atoms with Gasteiger partial charge in [-0.1, -0.05) is 30.3 Å². The average molecular weight is 194 g/mol. The lowest BCUT2D eigenvalue weighted by Crippen LogP contribution is -2.21. The highest BCUT2D eigenvalue weighted by Crippen LogP contribution is 2.06. The molecule has 1 unspecified atom stereocenters. The maximum absolute atomic E-state index is 5.56. The lowest BCUT2D eigenvalue weighted by Gasteiger charge is -2.15. The van der Waals surface area contributed by atoms with Crippen molar-refractivity contribution >= 4 is 0 Å². The van der Waals surface area contributed by atoms with Crippen molar-refractivity contribution in [2.75, 3.05) is 20.3 Å². The minimum atomic E-state index is 0.174. The highest BCUT2D eigenvalue weighted by molar-refractivity contribution is 5.15. The van der Waals surface area contributed by atoms with Crippen LogP contribution in [0.3, 0.4) is 0 Å². The molecule has 0 spiro atoms. The zero-order valence-electron chi connectivity index (χ0n) is 8.90. The maximum Gasteiger partial charge on any atom is 0.0848 e. The van der Waals surface area contributed by atoms with Crippen LogP contribution in [0.1, 0.15) is 12.5 Å². The van der Waals surface area contributed by atoms with Crippen molar-refractivity contribution in [2.45, 2.75) is 19.4 Å². The molecule has 0 aliphatic heterocycles. The van der Waals surface area contributed by atoms with Gasteiger partial charge in [0.05, 0.1) is 12.7 Å². The fraction of sp³-hybridized carbons (Fsp3) is 0.500. The second-order valence-corrected chi connectivity index (χ2v) is 3.22. The molecule has 0 heterocycles. The number of benzene rings is 1. The molecule has 0 aliphatic carbocycles. The van der Waals surface area contributed by atoms with E-state index in [9.17, 15) is 0 Å². The first-order chi connectivity index (χ1) is 6.86. The van der Waals surface area contributed by atoms with E-state index in [0.29, 0.717) is 6.61 Å². The molecule has 0 fully saturated rings. The molecule has 0 saturated carbocycles. The van der Waals surface area contributed by atoms with Crippen molar-refractivity contribution < 1.29 is 9.47 Å². The van der Waals surface area contributed by atoms with E-state index < -0.39 is 0 Å². The standard InChI is InChI=1S/C12H18O2/c1-3-14-12(10-13-2)9-11-7-5-4-6-8-11/h4-8,12H,3,9-10H2,1-2H3. The summed E-state index contributed by atoms with van der Waals surface area (Å²) in [7, 11) is 1.71. The van der Waals surface area contributed by atoms with Gasteiger partial charge < -0.3 is 9.47 Å². The van der Waals surface area contributed by atoms with E-state index in [-0.39, 0.29) is 6.10 Å². The highest BCUT2D eigenvalue weighted by atomic mass is 16.5. The van der Waals surface area contributed by atoms with E-state index in [1.807, 2.05) is 25.1 Å². The van der Waals surface area contributed by atoms with Gasteiger partial charge in [0.1, 0.15) is 0 Å². The maximum atomic E-state index is 5.56. The Morgan fingerprint density at radius 2 is 1.93 bits per heavy atom. The first-order valence-corrected chi connectivity index (χ1v) is 5.01. The van der Waals surface area contributed by atoms with Crippen LogP contribution in [0.5, 0.6) is 0 Å². The predicted octanol–water partition coefficient (Wildman–Crippen LogP) is 2.28. The second-order valence-electron chi connectivity index (χ2n) is 3.22. The molecule has 0 aliphatic rings. The van der Waals surface area contributed by atoms with Gasteiger partial charge in [-0.05, 0) is 12.5 Å². The Balaban J connectivity index is 2.46. The topological polar surface area (TPSA) is 18.5 Å². The first kappa shape index (κ1) is 11.2. The minimum absolute atomic E-state index is 0.174. The van der Waals surface area contributed by atoms with E-state index in [2.05, 4.69) is 12.1 Å². The molecule has 1 atom stereocenters. The smallest absolute Gasteiger partial charge is 0.0848 e. The van der Waals surface area contributed by atoms with Crippen molar-refractivity contribution in [3.8, 4) is 0 Å². The molecule has 0 bridgehead atoms. The van der Waals surface area contributed by atoms with E-state index in [0.717, 1.165) is 13.0 Å². The van der Waals surface area contributed by atoms with Crippen LogP contribution in [-0.4, -0.2) is 26.4 Å². The molecule has 1 aromatic carbocycles. The molecule has 0 aromatic heterocycles. The van der Waals surface area contributed by atoms with Crippen LogP contribution in [0.25, 0.3) is 0 Å². The zero-order chi connectivity index (χ0) is 10.2. The molecule has 0 radical (unpaired) electrons. The molecule has 78 valence electrons. The fourth-order valence-corrected chi connectivity index (χ4v) is 1.46. The van der Waals surface area contributed by atoms with Gasteiger partial charge >= 0.3 is 0 Å². The second kappa shape index (κ2) is 6.57. The first-order valence-electron chi connectivity index (χ1n) is 5.01. The Bertz CT molecular complexity index is 227. The van der Waals surface area contributed by atoms with Crippen LogP contribution in [0.4, 0.5) is 0 Å². The van der Waals surface area contributed by atoms with Crippen molar-refractivity contribution in [1.82, 2.24) is 0 Å². The van der Waals surface area contributed by atoms with Crippen LogP contribution < -0.4 is 0 Å². The number of methoxy groups -OCH3 is 1.